The Balaban J connectivity index is 1.68. The standard InChI is InChI=1S/C19H16O3S/c1-2-21-19(20)15-5-9-18(10-6-15)22-17-7-3-14(4-8-17)16-11-12-23-13-16/h3-13H,2H2,1H3. The van der Waals surface area contributed by atoms with Gasteiger partial charge in [-0.25, -0.2) is 4.79 Å². The number of hydrogen-bond donors (Lipinski definition) is 0. The molecular formula is C19H16O3S. The number of carbonyl (C=O) groups is 1. The van der Waals surface area contributed by atoms with E-state index in [-0.39, 0.29) is 5.97 Å². The van der Waals surface area contributed by atoms with Gasteiger partial charge in [0.25, 0.3) is 0 Å². The maximum Gasteiger partial charge on any atom is 0.338 e. The highest BCUT2D eigenvalue weighted by Gasteiger charge is 2.06. The van der Waals surface area contributed by atoms with Crippen LogP contribution in [-0.2, 0) is 4.74 Å². The molecule has 0 saturated carbocycles. The zero-order chi connectivity index (χ0) is 16.1. The van der Waals surface area contributed by atoms with Gasteiger partial charge in [0, 0.05) is 0 Å². The minimum atomic E-state index is -0.320. The average molecular weight is 324 g/mol. The summed E-state index contributed by atoms with van der Waals surface area (Å²) in [6.07, 6.45) is 0. The quantitative estimate of drug-likeness (QED) is 0.591. The Hall–Kier alpha value is -2.59. The fourth-order valence-corrected chi connectivity index (χ4v) is 2.82. The Kier molecular flexibility index (Phi) is 4.74. The lowest BCUT2D eigenvalue weighted by atomic mass is 10.1. The molecule has 0 saturated heterocycles. The number of benzene rings is 2. The molecule has 116 valence electrons. The molecule has 0 amide bonds. The molecule has 2 aromatic carbocycles. The number of ether oxygens (including phenoxy) is 2. The molecule has 1 heterocycles. The topological polar surface area (TPSA) is 35.5 Å². The predicted octanol–water partition coefficient (Wildman–Crippen LogP) is 5.38. The van der Waals surface area contributed by atoms with Crippen molar-refractivity contribution in [2.75, 3.05) is 6.61 Å². The molecule has 3 nitrogen and oxygen atoms in total. The smallest absolute Gasteiger partial charge is 0.338 e. The molecule has 0 radical (unpaired) electrons. The molecule has 0 unspecified atom stereocenters. The lowest BCUT2D eigenvalue weighted by Crippen LogP contribution is -2.03. The van der Waals surface area contributed by atoms with E-state index in [1.54, 1.807) is 42.5 Å². The number of rotatable bonds is 5. The van der Waals surface area contributed by atoms with Gasteiger partial charge in [0.15, 0.2) is 0 Å². The fraction of sp³-hybridized carbons (Fsp3) is 0.105. The molecule has 0 N–H and O–H groups in total. The van der Waals surface area contributed by atoms with Gasteiger partial charge < -0.3 is 9.47 Å². The zero-order valence-corrected chi connectivity index (χ0v) is 13.5. The molecule has 4 heteroatoms. The molecule has 3 rings (SSSR count). The van der Waals surface area contributed by atoms with Crippen molar-refractivity contribution in [3.63, 3.8) is 0 Å². The number of carbonyl (C=O) groups excluding carboxylic acids is 1. The highest BCUT2D eigenvalue weighted by Crippen LogP contribution is 2.27. The second-order valence-electron chi connectivity index (χ2n) is 4.88. The largest absolute Gasteiger partial charge is 0.462 e. The summed E-state index contributed by atoms with van der Waals surface area (Å²) in [5, 5.41) is 4.18. The van der Waals surface area contributed by atoms with E-state index >= 15 is 0 Å². The highest BCUT2D eigenvalue weighted by molar-refractivity contribution is 7.08. The summed E-state index contributed by atoms with van der Waals surface area (Å²) in [7, 11) is 0. The van der Waals surface area contributed by atoms with Gasteiger partial charge in [0.1, 0.15) is 11.5 Å². The van der Waals surface area contributed by atoms with Crippen LogP contribution in [0.3, 0.4) is 0 Å². The van der Waals surface area contributed by atoms with Gasteiger partial charge in [-0.1, -0.05) is 12.1 Å². The van der Waals surface area contributed by atoms with Crippen LogP contribution in [0, 0.1) is 0 Å². The average Bonchev–Trinajstić information content (AvgIpc) is 3.11. The van der Waals surface area contributed by atoms with Crippen molar-refractivity contribution >= 4 is 17.3 Å². The molecule has 1 aromatic heterocycles. The van der Waals surface area contributed by atoms with Gasteiger partial charge in [0.2, 0.25) is 0 Å². The fourth-order valence-electron chi connectivity index (χ4n) is 2.15. The third-order valence-corrected chi connectivity index (χ3v) is 3.99. The number of thiophene rings is 1. The van der Waals surface area contributed by atoms with Crippen LogP contribution in [0.1, 0.15) is 17.3 Å². The Labute approximate surface area is 139 Å². The van der Waals surface area contributed by atoms with Gasteiger partial charge in [-0.15, -0.1) is 0 Å². The molecular weight excluding hydrogens is 308 g/mol. The summed E-state index contributed by atoms with van der Waals surface area (Å²) in [6, 6.07) is 17.0. The zero-order valence-electron chi connectivity index (χ0n) is 12.7. The minimum absolute atomic E-state index is 0.320. The van der Waals surface area contributed by atoms with Crippen LogP contribution >= 0.6 is 11.3 Å². The van der Waals surface area contributed by atoms with Crippen LogP contribution in [-0.4, -0.2) is 12.6 Å². The van der Waals surface area contributed by atoms with Crippen molar-refractivity contribution in [3.05, 3.63) is 70.9 Å². The minimum Gasteiger partial charge on any atom is -0.462 e. The first kappa shape index (κ1) is 15.3. The number of hydrogen-bond acceptors (Lipinski definition) is 4. The third-order valence-electron chi connectivity index (χ3n) is 3.31. The summed E-state index contributed by atoms with van der Waals surface area (Å²) >= 11 is 1.68. The van der Waals surface area contributed by atoms with Crippen molar-refractivity contribution in [3.8, 4) is 22.6 Å². The summed E-state index contributed by atoms with van der Waals surface area (Å²) in [4.78, 5) is 11.6. The van der Waals surface area contributed by atoms with Crippen LogP contribution in [0.2, 0.25) is 0 Å². The molecule has 0 bridgehead atoms. The third kappa shape index (κ3) is 3.79. The van der Waals surface area contributed by atoms with Gasteiger partial charge in [-0.2, -0.15) is 11.3 Å². The van der Waals surface area contributed by atoms with Crippen molar-refractivity contribution in [1.82, 2.24) is 0 Å². The van der Waals surface area contributed by atoms with Gasteiger partial charge in [0.05, 0.1) is 12.2 Å². The highest BCUT2D eigenvalue weighted by atomic mass is 32.1. The van der Waals surface area contributed by atoms with E-state index in [2.05, 4.69) is 16.8 Å². The Morgan fingerprint density at radius 2 is 1.57 bits per heavy atom. The van der Waals surface area contributed by atoms with E-state index in [1.165, 1.54) is 5.56 Å². The van der Waals surface area contributed by atoms with E-state index in [4.69, 9.17) is 9.47 Å². The second kappa shape index (κ2) is 7.11. The van der Waals surface area contributed by atoms with E-state index in [0.717, 1.165) is 11.3 Å². The SMILES string of the molecule is CCOC(=O)c1ccc(Oc2ccc(-c3ccsc3)cc2)cc1. The summed E-state index contributed by atoms with van der Waals surface area (Å²) in [5.41, 5.74) is 2.89. The Morgan fingerprint density at radius 1 is 0.913 bits per heavy atom. The van der Waals surface area contributed by atoms with E-state index in [1.807, 2.05) is 24.3 Å². The molecule has 0 aliphatic carbocycles. The van der Waals surface area contributed by atoms with Crippen molar-refractivity contribution in [2.45, 2.75) is 6.92 Å². The molecule has 3 aromatic rings. The molecule has 0 aliphatic rings. The molecule has 0 fully saturated rings. The summed E-state index contributed by atoms with van der Waals surface area (Å²) in [5.74, 6) is 1.12. The summed E-state index contributed by atoms with van der Waals surface area (Å²) in [6.45, 7) is 2.16. The van der Waals surface area contributed by atoms with Gasteiger partial charge in [-0.05, 0) is 71.3 Å². The molecule has 23 heavy (non-hydrogen) atoms. The van der Waals surface area contributed by atoms with Crippen LogP contribution in [0.25, 0.3) is 11.1 Å². The first-order valence-electron chi connectivity index (χ1n) is 7.34. The maximum absolute atomic E-state index is 11.6. The van der Waals surface area contributed by atoms with Crippen molar-refractivity contribution in [1.29, 1.82) is 0 Å². The van der Waals surface area contributed by atoms with E-state index in [9.17, 15) is 4.79 Å². The lowest BCUT2D eigenvalue weighted by Gasteiger charge is -2.07. The predicted molar refractivity (Wildman–Crippen MR) is 92.2 cm³/mol. The monoisotopic (exact) mass is 324 g/mol. The lowest BCUT2D eigenvalue weighted by molar-refractivity contribution is 0.0526. The van der Waals surface area contributed by atoms with Crippen LogP contribution < -0.4 is 4.74 Å². The normalized spacial score (nSPS) is 10.3. The van der Waals surface area contributed by atoms with Gasteiger partial charge >= 0.3 is 5.97 Å². The Bertz CT molecular complexity index is 759. The second-order valence-corrected chi connectivity index (χ2v) is 5.66. The molecule has 0 spiro atoms. The first-order valence-corrected chi connectivity index (χ1v) is 8.28. The maximum atomic E-state index is 11.6. The van der Waals surface area contributed by atoms with Crippen LogP contribution in [0.15, 0.2) is 65.4 Å². The molecule has 0 aliphatic heterocycles. The van der Waals surface area contributed by atoms with Crippen LogP contribution in [0.5, 0.6) is 11.5 Å². The molecule has 0 atom stereocenters. The van der Waals surface area contributed by atoms with E-state index in [0.29, 0.717) is 17.9 Å². The van der Waals surface area contributed by atoms with E-state index < -0.39 is 0 Å². The Morgan fingerprint density at radius 3 is 2.13 bits per heavy atom. The van der Waals surface area contributed by atoms with Crippen LogP contribution in [0.4, 0.5) is 0 Å². The van der Waals surface area contributed by atoms with Crippen molar-refractivity contribution < 1.29 is 14.3 Å². The number of esters is 1. The van der Waals surface area contributed by atoms with Gasteiger partial charge in [-0.3, -0.25) is 0 Å². The summed E-state index contributed by atoms with van der Waals surface area (Å²) < 4.78 is 10.8. The van der Waals surface area contributed by atoms with Crippen molar-refractivity contribution in [2.24, 2.45) is 0 Å². The first-order chi connectivity index (χ1) is 11.3.